The molecule has 2 N–H and O–H groups in total. The van der Waals surface area contributed by atoms with Gasteiger partial charge in [0.25, 0.3) is 0 Å². The average Bonchev–Trinajstić information content (AvgIpc) is 1.86. The van der Waals surface area contributed by atoms with Crippen molar-refractivity contribution in [2.45, 2.75) is 6.42 Å². The van der Waals surface area contributed by atoms with Crippen LogP contribution in [-0.4, -0.2) is 12.3 Å². The molecule has 36 valence electrons. The maximum Gasteiger partial charge on any atom is 0.0481 e. The molecular formula is C3H8N2S. The van der Waals surface area contributed by atoms with Gasteiger partial charge in [-0.3, -0.25) is 9.50 Å². The smallest absolute Gasteiger partial charge is 0.0481 e. The highest BCUT2D eigenvalue weighted by Gasteiger charge is 1.95. The number of nitrogens with zero attached hydrogens (tertiary/aromatic N) is 1. The van der Waals surface area contributed by atoms with Gasteiger partial charge in [0.15, 0.2) is 0 Å². The van der Waals surface area contributed by atoms with Gasteiger partial charge in [0, 0.05) is 12.3 Å². The molecule has 0 aliphatic carbocycles. The number of rotatable bonds is 0. The molecular weight excluding hydrogens is 96.1 g/mol. The largest absolute Gasteiger partial charge is 0.269 e. The Morgan fingerprint density at radius 2 is 2.50 bits per heavy atom. The zero-order chi connectivity index (χ0) is 4.41. The van der Waals surface area contributed by atoms with E-state index in [1.54, 1.807) is 0 Å². The summed E-state index contributed by atoms with van der Waals surface area (Å²) in [5.41, 5.74) is 0. The highest BCUT2D eigenvalue weighted by Crippen LogP contribution is 1.94. The summed E-state index contributed by atoms with van der Waals surface area (Å²) < 4.78 is 4.04. The Bertz CT molecular complexity index is 78.9. The van der Waals surface area contributed by atoms with Crippen molar-refractivity contribution in [3.8, 4) is 0 Å². The Morgan fingerprint density at radius 1 is 1.67 bits per heavy atom. The van der Waals surface area contributed by atoms with Gasteiger partial charge in [0.05, 0.1) is 0 Å². The summed E-state index contributed by atoms with van der Waals surface area (Å²) in [5.74, 6) is 1.12. The molecule has 1 atom stereocenters. The van der Waals surface area contributed by atoms with Gasteiger partial charge < -0.3 is 0 Å². The molecule has 3 heteroatoms. The van der Waals surface area contributed by atoms with Gasteiger partial charge in [-0.15, -0.1) is 0 Å². The molecule has 0 fully saturated rings. The molecule has 2 nitrogen and oxygen atoms in total. The zero-order valence-corrected chi connectivity index (χ0v) is 4.37. The Labute approximate surface area is 40.0 Å². The van der Waals surface area contributed by atoms with Gasteiger partial charge in [0.1, 0.15) is 0 Å². The zero-order valence-electron chi connectivity index (χ0n) is 3.55. The minimum atomic E-state index is -0.0478. The molecule has 0 spiro atoms. The fraction of sp³-hybridized carbons (Fsp3) is 1.00. The summed E-state index contributed by atoms with van der Waals surface area (Å²) >= 11 is 0. The Balaban J connectivity index is 2.45. The van der Waals surface area contributed by atoms with Crippen LogP contribution >= 0.6 is 0 Å². The molecule has 0 saturated heterocycles. The molecule has 0 saturated carbocycles. The molecule has 0 aromatic rings. The quantitative estimate of drug-likeness (QED) is 0.464. The second kappa shape index (κ2) is 1.71. The predicted octanol–water partition coefficient (Wildman–Crippen LogP) is 0.0657. The van der Waals surface area contributed by atoms with Crippen molar-refractivity contribution >= 4 is 10.9 Å². The lowest BCUT2D eigenvalue weighted by molar-refractivity contribution is 0.993. The van der Waals surface area contributed by atoms with E-state index in [4.69, 9.17) is 5.14 Å². The van der Waals surface area contributed by atoms with Crippen molar-refractivity contribution in [2.75, 3.05) is 12.3 Å². The van der Waals surface area contributed by atoms with Crippen molar-refractivity contribution in [1.29, 1.82) is 0 Å². The van der Waals surface area contributed by atoms with Gasteiger partial charge in [-0.2, -0.15) is 0 Å². The third kappa shape index (κ3) is 0.786. The highest BCUT2D eigenvalue weighted by molar-refractivity contribution is 7.85. The van der Waals surface area contributed by atoms with Crippen LogP contribution in [0.3, 0.4) is 0 Å². The molecule has 0 aromatic heterocycles. The van der Waals surface area contributed by atoms with E-state index in [0.29, 0.717) is 0 Å². The number of hydrogen-bond donors (Lipinski definition) is 1. The van der Waals surface area contributed by atoms with Crippen LogP contribution in [0.1, 0.15) is 6.42 Å². The second-order valence-corrected chi connectivity index (χ2v) is 2.78. The highest BCUT2D eigenvalue weighted by atomic mass is 32.2. The molecule has 1 heterocycles. The van der Waals surface area contributed by atoms with Crippen LogP contribution in [-0.2, 0) is 10.9 Å². The Kier molecular flexibility index (Phi) is 1.22. The summed E-state index contributed by atoms with van der Waals surface area (Å²) in [5, 5.41) is 5.40. The van der Waals surface area contributed by atoms with Crippen molar-refractivity contribution < 1.29 is 0 Å². The number of nitrogens with two attached hydrogens (primary N) is 1. The fourth-order valence-corrected chi connectivity index (χ4v) is 1.38. The molecule has 0 bridgehead atoms. The molecule has 1 aliphatic heterocycles. The van der Waals surface area contributed by atoms with E-state index < -0.39 is 0 Å². The van der Waals surface area contributed by atoms with Gasteiger partial charge in [-0.1, -0.05) is 0 Å². The summed E-state index contributed by atoms with van der Waals surface area (Å²) in [6, 6.07) is 0. The lowest BCUT2D eigenvalue weighted by Gasteiger charge is -1.80. The van der Waals surface area contributed by atoms with E-state index in [1.165, 1.54) is 6.42 Å². The van der Waals surface area contributed by atoms with Crippen LogP contribution in [0.25, 0.3) is 0 Å². The standard InChI is InChI=1S/C3H8N2S/c4-6-3-1-2-5-6/h1-3H2,(H2,4,5). The van der Waals surface area contributed by atoms with Gasteiger partial charge in [-0.25, -0.2) is 0 Å². The van der Waals surface area contributed by atoms with Crippen LogP contribution in [0.15, 0.2) is 4.36 Å². The van der Waals surface area contributed by atoms with Crippen LogP contribution in [0.4, 0.5) is 0 Å². The molecule has 1 rings (SSSR count). The summed E-state index contributed by atoms with van der Waals surface area (Å²) in [6.45, 7) is 1.000. The molecule has 6 heavy (non-hydrogen) atoms. The molecule has 0 amide bonds. The summed E-state index contributed by atoms with van der Waals surface area (Å²) in [7, 11) is -0.0478. The predicted molar refractivity (Wildman–Crippen MR) is 28.3 cm³/mol. The fourth-order valence-electron chi connectivity index (χ4n) is 0.459. The molecule has 0 aromatic carbocycles. The molecule has 1 unspecified atom stereocenters. The Hall–Kier alpha value is 0.110. The molecule has 1 aliphatic rings. The van der Waals surface area contributed by atoms with E-state index >= 15 is 0 Å². The first-order chi connectivity index (χ1) is 2.89. The minimum absolute atomic E-state index is 0.0478. The monoisotopic (exact) mass is 104 g/mol. The van der Waals surface area contributed by atoms with Crippen LogP contribution < -0.4 is 5.14 Å². The van der Waals surface area contributed by atoms with E-state index in [-0.39, 0.29) is 10.9 Å². The minimum Gasteiger partial charge on any atom is -0.269 e. The van der Waals surface area contributed by atoms with Gasteiger partial charge in [0.2, 0.25) is 0 Å². The third-order valence-electron chi connectivity index (χ3n) is 0.769. The average molecular weight is 104 g/mol. The maximum absolute atomic E-state index is 5.40. The molecule has 0 radical (unpaired) electrons. The van der Waals surface area contributed by atoms with Crippen molar-refractivity contribution in [3.05, 3.63) is 0 Å². The van der Waals surface area contributed by atoms with E-state index in [1.807, 2.05) is 0 Å². The van der Waals surface area contributed by atoms with Crippen molar-refractivity contribution in [3.63, 3.8) is 0 Å². The maximum atomic E-state index is 5.40. The topological polar surface area (TPSA) is 38.4 Å². The normalized spacial score (nSPS) is 33.2. The first-order valence-corrected chi connectivity index (χ1v) is 3.44. The van der Waals surface area contributed by atoms with Crippen LogP contribution in [0, 0.1) is 0 Å². The summed E-state index contributed by atoms with van der Waals surface area (Å²) in [4.78, 5) is 0. The first kappa shape index (κ1) is 4.27. The van der Waals surface area contributed by atoms with E-state index in [2.05, 4.69) is 4.36 Å². The third-order valence-corrected chi connectivity index (χ3v) is 1.99. The van der Waals surface area contributed by atoms with Gasteiger partial charge in [-0.05, 0) is 17.3 Å². The van der Waals surface area contributed by atoms with Crippen molar-refractivity contribution in [2.24, 2.45) is 9.50 Å². The lowest BCUT2D eigenvalue weighted by Crippen LogP contribution is -2.00. The lowest BCUT2D eigenvalue weighted by atomic mass is 10.5. The van der Waals surface area contributed by atoms with E-state index in [0.717, 1.165) is 12.3 Å². The van der Waals surface area contributed by atoms with Crippen LogP contribution in [0.5, 0.6) is 0 Å². The SMILES string of the molecule is NS1=NCCC1. The Morgan fingerprint density at radius 3 is 2.67 bits per heavy atom. The number of hydrogen-bond acceptors (Lipinski definition) is 2. The second-order valence-electron chi connectivity index (χ2n) is 1.31. The summed E-state index contributed by atoms with van der Waals surface area (Å²) in [6.07, 6.45) is 1.21. The first-order valence-electron chi connectivity index (χ1n) is 2.02. The van der Waals surface area contributed by atoms with Crippen LogP contribution in [0.2, 0.25) is 0 Å². The van der Waals surface area contributed by atoms with Crippen molar-refractivity contribution in [1.82, 2.24) is 0 Å². The van der Waals surface area contributed by atoms with Gasteiger partial charge >= 0.3 is 0 Å². The van der Waals surface area contributed by atoms with E-state index in [9.17, 15) is 0 Å².